The summed E-state index contributed by atoms with van der Waals surface area (Å²) in [7, 11) is 0. The van der Waals surface area contributed by atoms with Crippen LogP contribution in [-0.4, -0.2) is 23.6 Å². The molecule has 17 heavy (non-hydrogen) atoms. The lowest BCUT2D eigenvalue weighted by atomic mass is 10.2. The quantitative estimate of drug-likeness (QED) is 0.302. The summed E-state index contributed by atoms with van der Waals surface area (Å²) in [5.41, 5.74) is 0.193. The van der Waals surface area contributed by atoms with Crippen molar-refractivity contribution in [2.24, 2.45) is 0 Å². The van der Waals surface area contributed by atoms with E-state index in [0.717, 1.165) is 6.08 Å². The number of ketones is 1. The third-order valence-corrected chi connectivity index (χ3v) is 2.07. The first kappa shape index (κ1) is 15.3. The maximum absolute atomic E-state index is 11.3. The lowest BCUT2D eigenvalue weighted by Gasteiger charge is -2.03. The highest BCUT2D eigenvalue weighted by Gasteiger charge is 2.09. The SMILES string of the molecule is C=CC(=O)CCOC(=O)C(=C)/C=C(\C)C(=O)Cl. The van der Waals surface area contributed by atoms with Crippen molar-refractivity contribution in [3.63, 3.8) is 0 Å². The van der Waals surface area contributed by atoms with Crippen molar-refractivity contribution in [3.8, 4) is 0 Å². The number of carbonyl (C=O) groups is 3. The average molecular weight is 257 g/mol. The molecule has 5 heteroatoms. The summed E-state index contributed by atoms with van der Waals surface area (Å²) in [6.07, 6.45) is 2.45. The van der Waals surface area contributed by atoms with Gasteiger partial charge >= 0.3 is 5.97 Å². The van der Waals surface area contributed by atoms with Crippen molar-refractivity contribution < 1.29 is 19.1 Å². The summed E-state index contributed by atoms with van der Waals surface area (Å²) in [5, 5.41) is -0.666. The molecule has 0 N–H and O–H groups in total. The summed E-state index contributed by atoms with van der Waals surface area (Å²) >= 11 is 5.19. The first-order valence-corrected chi connectivity index (χ1v) is 5.15. The molecule has 0 bridgehead atoms. The Morgan fingerprint density at radius 2 is 1.94 bits per heavy atom. The van der Waals surface area contributed by atoms with E-state index < -0.39 is 11.2 Å². The largest absolute Gasteiger partial charge is 0.462 e. The minimum absolute atomic E-state index is 0.00236. The van der Waals surface area contributed by atoms with Crippen LogP contribution in [0.1, 0.15) is 13.3 Å². The molecule has 0 aliphatic heterocycles. The van der Waals surface area contributed by atoms with Gasteiger partial charge in [0.05, 0.1) is 12.2 Å². The summed E-state index contributed by atoms with van der Waals surface area (Å²) < 4.78 is 4.75. The van der Waals surface area contributed by atoms with E-state index in [0.29, 0.717) is 0 Å². The van der Waals surface area contributed by atoms with Gasteiger partial charge in [-0.05, 0) is 30.7 Å². The van der Waals surface area contributed by atoms with Crippen molar-refractivity contribution in [3.05, 3.63) is 36.5 Å². The molecule has 92 valence electrons. The van der Waals surface area contributed by atoms with Gasteiger partial charge in [0.1, 0.15) is 0 Å². The molecule has 0 aliphatic carbocycles. The fraction of sp³-hybridized carbons (Fsp3) is 0.250. The average Bonchev–Trinajstić information content (AvgIpc) is 2.28. The van der Waals surface area contributed by atoms with Crippen LogP contribution in [0.4, 0.5) is 0 Å². The number of halogens is 1. The lowest BCUT2D eigenvalue weighted by Crippen LogP contribution is -2.10. The third-order valence-electron chi connectivity index (χ3n) is 1.77. The predicted octanol–water partition coefficient (Wildman–Crippen LogP) is 1.94. The Bertz CT molecular complexity index is 393. The van der Waals surface area contributed by atoms with Gasteiger partial charge in [0, 0.05) is 12.0 Å². The third kappa shape index (κ3) is 6.48. The highest BCUT2D eigenvalue weighted by atomic mass is 35.5. The van der Waals surface area contributed by atoms with Crippen LogP contribution in [0.5, 0.6) is 0 Å². The van der Waals surface area contributed by atoms with Gasteiger partial charge in [-0.2, -0.15) is 0 Å². The monoisotopic (exact) mass is 256 g/mol. The minimum atomic E-state index is -0.695. The second-order valence-corrected chi connectivity index (χ2v) is 3.53. The minimum Gasteiger partial charge on any atom is -0.462 e. The summed E-state index contributed by atoms with van der Waals surface area (Å²) in [5.74, 6) is -0.912. The van der Waals surface area contributed by atoms with Crippen LogP contribution in [0.3, 0.4) is 0 Å². The zero-order valence-electron chi connectivity index (χ0n) is 9.49. The summed E-state index contributed by atoms with van der Waals surface area (Å²) in [4.78, 5) is 32.8. The van der Waals surface area contributed by atoms with Gasteiger partial charge in [0.25, 0.3) is 0 Å². The number of carbonyl (C=O) groups excluding carboxylic acids is 3. The predicted molar refractivity (Wildman–Crippen MR) is 64.5 cm³/mol. The van der Waals surface area contributed by atoms with Gasteiger partial charge in [-0.25, -0.2) is 4.79 Å². The van der Waals surface area contributed by atoms with E-state index >= 15 is 0 Å². The summed E-state index contributed by atoms with van der Waals surface area (Å²) in [6.45, 7) is 8.11. The van der Waals surface area contributed by atoms with Crippen LogP contribution < -0.4 is 0 Å². The number of ether oxygens (including phenoxy) is 1. The molecule has 0 amide bonds. The first-order valence-electron chi connectivity index (χ1n) is 4.78. The van der Waals surface area contributed by atoms with Crippen molar-refractivity contribution in [2.45, 2.75) is 13.3 Å². The molecule has 0 rings (SSSR count). The van der Waals surface area contributed by atoms with E-state index in [4.69, 9.17) is 16.3 Å². The second kappa shape index (κ2) is 7.57. The second-order valence-electron chi connectivity index (χ2n) is 3.18. The molecule has 4 nitrogen and oxygen atoms in total. The highest BCUT2D eigenvalue weighted by Crippen LogP contribution is 2.06. The molecular weight excluding hydrogens is 244 g/mol. The number of hydrogen-bond donors (Lipinski definition) is 0. The Kier molecular flexibility index (Phi) is 6.82. The maximum atomic E-state index is 11.3. The van der Waals surface area contributed by atoms with E-state index in [2.05, 4.69) is 13.2 Å². The van der Waals surface area contributed by atoms with Crippen molar-refractivity contribution in [1.82, 2.24) is 0 Å². The molecule has 0 saturated heterocycles. The molecular formula is C12H13ClO4. The normalized spacial score (nSPS) is 10.6. The Balaban J connectivity index is 4.20. The van der Waals surface area contributed by atoms with Gasteiger partial charge in [-0.1, -0.05) is 13.2 Å². The standard InChI is InChI=1S/C12H13ClO4/c1-4-10(14)5-6-17-12(16)9(3)7-8(2)11(13)15/h4,7H,1,3,5-6H2,2H3/b8-7+. The molecule has 0 saturated carbocycles. The van der Waals surface area contributed by atoms with E-state index in [1.165, 1.54) is 13.0 Å². The van der Waals surface area contributed by atoms with Gasteiger partial charge < -0.3 is 4.74 Å². The molecule has 0 radical (unpaired) electrons. The van der Waals surface area contributed by atoms with E-state index in [9.17, 15) is 14.4 Å². The molecule has 0 spiro atoms. The molecule has 0 atom stereocenters. The van der Waals surface area contributed by atoms with Crippen LogP contribution in [0.25, 0.3) is 0 Å². The molecule has 0 aromatic carbocycles. The van der Waals surface area contributed by atoms with Crippen molar-refractivity contribution in [2.75, 3.05) is 6.61 Å². The molecule has 0 heterocycles. The van der Waals surface area contributed by atoms with Crippen molar-refractivity contribution in [1.29, 1.82) is 0 Å². The Morgan fingerprint density at radius 1 is 1.35 bits per heavy atom. The fourth-order valence-electron chi connectivity index (χ4n) is 0.816. The van der Waals surface area contributed by atoms with Gasteiger partial charge in [-0.15, -0.1) is 0 Å². The number of rotatable bonds is 7. The van der Waals surface area contributed by atoms with Crippen LogP contribution in [-0.2, 0) is 19.1 Å². The Morgan fingerprint density at radius 3 is 2.41 bits per heavy atom. The molecule has 0 aliphatic rings. The Labute approximate surface area is 105 Å². The van der Waals surface area contributed by atoms with Gasteiger partial charge in [0.2, 0.25) is 5.24 Å². The van der Waals surface area contributed by atoms with E-state index in [-0.39, 0.29) is 30.0 Å². The molecule has 0 aromatic rings. The zero-order valence-corrected chi connectivity index (χ0v) is 10.3. The fourth-order valence-corrected chi connectivity index (χ4v) is 0.871. The first-order chi connectivity index (χ1) is 7.88. The molecule has 0 fully saturated rings. The topological polar surface area (TPSA) is 60.4 Å². The number of allylic oxidation sites excluding steroid dienone is 2. The van der Waals surface area contributed by atoms with Crippen LogP contribution in [0, 0.1) is 0 Å². The van der Waals surface area contributed by atoms with Crippen molar-refractivity contribution >= 4 is 28.6 Å². The molecule has 0 aromatic heterocycles. The lowest BCUT2D eigenvalue weighted by molar-refractivity contribution is -0.139. The van der Waals surface area contributed by atoms with Gasteiger partial charge in [-0.3, -0.25) is 9.59 Å². The summed E-state index contributed by atoms with van der Waals surface area (Å²) in [6, 6.07) is 0. The van der Waals surface area contributed by atoms with Crippen LogP contribution in [0.15, 0.2) is 36.5 Å². The smallest absolute Gasteiger partial charge is 0.337 e. The van der Waals surface area contributed by atoms with E-state index in [1.54, 1.807) is 0 Å². The van der Waals surface area contributed by atoms with Crippen LogP contribution >= 0.6 is 11.6 Å². The zero-order chi connectivity index (χ0) is 13.4. The molecule has 0 unspecified atom stereocenters. The maximum Gasteiger partial charge on any atom is 0.337 e. The Hall–Kier alpha value is -1.68. The van der Waals surface area contributed by atoms with E-state index in [1.807, 2.05) is 0 Å². The van der Waals surface area contributed by atoms with Crippen LogP contribution in [0.2, 0.25) is 0 Å². The number of hydrogen-bond acceptors (Lipinski definition) is 4. The van der Waals surface area contributed by atoms with Gasteiger partial charge in [0.15, 0.2) is 5.78 Å². The number of esters is 1. The highest BCUT2D eigenvalue weighted by molar-refractivity contribution is 6.67.